The molecule has 1 heterocycles. The number of nitrogens with one attached hydrogen (secondary N) is 3. The Morgan fingerprint density at radius 3 is 2.61 bits per heavy atom. The van der Waals surface area contributed by atoms with Crippen LogP contribution in [0, 0.1) is 5.82 Å². The highest BCUT2D eigenvalue weighted by atomic mass is 35.5. The Balaban J connectivity index is 1.60. The minimum absolute atomic E-state index is 0.108. The van der Waals surface area contributed by atoms with Gasteiger partial charge >= 0.3 is 0 Å². The van der Waals surface area contributed by atoms with Crippen molar-refractivity contribution in [1.82, 2.24) is 4.98 Å². The Kier molecular flexibility index (Phi) is 5.30. The van der Waals surface area contributed by atoms with E-state index in [2.05, 4.69) is 15.0 Å². The van der Waals surface area contributed by atoms with E-state index in [1.165, 1.54) is 42.5 Å². The lowest BCUT2D eigenvalue weighted by atomic mass is 10.2. The summed E-state index contributed by atoms with van der Waals surface area (Å²) in [5, 5.41) is 13.4. The number of hydrogen-bond donors (Lipinski definition) is 4. The maximum Gasteiger partial charge on any atom is 0.272 e. The quantitative estimate of drug-likeness (QED) is 0.323. The Morgan fingerprint density at radius 1 is 1.03 bits per heavy atom. The number of phenolic OH excluding ortho intramolecular Hbond substituents is 1. The molecule has 3 aromatic carbocycles. The molecule has 0 fully saturated rings. The smallest absolute Gasteiger partial charge is 0.272 e. The number of sulfonamides is 1. The first-order valence-electron chi connectivity index (χ1n) is 8.92. The predicted octanol–water partition coefficient (Wildman–Crippen LogP) is 4.72. The molecule has 10 heteroatoms. The van der Waals surface area contributed by atoms with Gasteiger partial charge in [-0.2, -0.15) is 0 Å². The van der Waals surface area contributed by atoms with Gasteiger partial charge in [0.05, 0.1) is 16.3 Å². The van der Waals surface area contributed by atoms with Crippen molar-refractivity contribution in [1.29, 1.82) is 0 Å². The summed E-state index contributed by atoms with van der Waals surface area (Å²) in [6.45, 7) is 0. The average molecular weight is 460 g/mol. The zero-order valence-electron chi connectivity index (χ0n) is 15.7. The van der Waals surface area contributed by atoms with Gasteiger partial charge in [0.1, 0.15) is 17.3 Å². The molecule has 7 nitrogen and oxygen atoms in total. The van der Waals surface area contributed by atoms with Gasteiger partial charge in [-0.1, -0.05) is 17.7 Å². The van der Waals surface area contributed by atoms with Gasteiger partial charge in [0.25, 0.3) is 15.9 Å². The van der Waals surface area contributed by atoms with Gasteiger partial charge in [0, 0.05) is 15.9 Å². The van der Waals surface area contributed by atoms with E-state index in [1.54, 1.807) is 12.1 Å². The number of carbonyl (C=O) groups excluding carboxylic acids is 1. The highest BCUT2D eigenvalue weighted by molar-refractivity contribution is 7.92. The second-order valence-corrected chi connectivity index (χ2v) is 8.78. The molecule has 0 saturated carbocycles. The number of anilines is 2. The van der Waals surface area contributed by atoms with E-state index in [-0.39, 0.29) is 27.7 Å². The van der Waals surface area contributed by atoms with Crippen molar-refractivity contribution in [3.8, 4) is 5.75 Å². The fourth-order valence-electron chi connectivity index (χ4n) is 2.96. The van der Waals surface area contributed by atoms with Crippen molar-refractivity contribution < 1.29 is 22.7 Å². The lowest BCUT2D eigenvalue weighted by Crippen LogP contribution is -2.15. The second kappa shape index (κ2) is 7.93. The van der Waals surface area contributed by atoms with Gasteiger partial charge in [0.15, 0.2) is 0 Å². The maximum atomic E-state index is 13.4. The highest BCUT2D eigenvalue weighted by Crippen LogP contribution is 2.29. The van der Waals surface area contributed by atoms with E-state index in [4.69, 9.17) is 11.6 Å². The average Bonchev–Trinajstić information content (AvgIpc) is 3.12. The molecule has 0 aliphatic heterocycles. The number of H-pyrrole nitrogens is 1. The normalized spacial score (nSPS) is 11.4. The van der Waals surface area contributed by atoms with Crippen LogP contribution >= 0.6 is 11.6 Å². The molecule has 0 unspecified atom stereocenters. The van der Waals surface area contributed by atoms with E-state index in [0.717, 1.165) is 12.1 Å². The van der Waals surface area contributed by atoms with Crippen LogP contribution in [0.15, 0.2) is 71.6 Å². The number of halogens is 2. The minimum atomic E-state index is -4.02. The number of amides is 1. The van der Waals surface area contributed by atoms with Crippen LogP contribution in [0.3, 0.4) is 0 Å². The van der Waals surface area contributed by atoms with Gasteiger partial charge in [-0.15, -0.1) is 0 Å². The number of aromatic nitrogens is 1. The molecule has 0 spiro atoms. The van der Waals surface area contributed by atoms with Crippen molar-refractivity contribution >= 4 is 49.8 Å². The first-order valence-corrected chi connectivity index (χ1v) is 10.8. The number of hydrogen-bond acceptors (Lipinski definition) is 4. The number of benzene rings is 3. The van der Waals surface area contributed by atoms with Gasteiger partial charge < -0.3 is 15.4 Å². The van der Waals surface area contributed by atoms with Crippen molar-refractivity contribution in [2.75, 3.05) is 10.0 Å². The van der Waals surface area contributed by atoms with Crippen LogP contribution in [0.2, 0.25) is 5.02 Å². The molecule has 4 rings (SSSR count). The SMILES string of the molecule is O=C(Nc1cc(S(=O)(=O)Nc2cccc(Cl)c2)ccc1O)c1cc2cc(F)ccc2[nH]1. The summed E-state index contributed by atoms with van der Waals surface area (Å²) < 4.78 is 41.1. The van der Waals surface area contributed by atoms with Gasteiger partial charge in [-0.3, -0.25) is 9.52 Å². The number of fused-ring (bicyclic) bond motifs is 1. The van der Waals surface area contributed by atoms with Crippen LogP contribution in [0.25, 0.3) is 10.9 Å². The summed E-state index contributed by atoms with van der Waals surface area (Å²) in [5.41, 5.74) is 0.823. The number of aromatic hydroxyl groups is 1. The first kappa shape index (κ1) is 20.7. The third-order valence-electron chi connectivity index (χ3n) is 4.43. The van der Waals surface area contributed by atoms with Crippen LogP contribution in [-0.2, 0) is 10.0 Å². The molecule has 158 valence electrons. The van der Waals surface area contributed by atoms with Crippen LogP contribution in [0.4, 0.5) is 15.8 Å². The first-order chi connectivity index (χ1) is 14.7. The molecule has 1 amide bonds. The van der Waals surface area contributed by atoms with E-state index in [0.29, 0.717) is 15.9 Å². The van der Waals surface area contributed by atoms with Crippen molar-refractivity contribution in [2.45, 2.75) is 4.90 Å². The third kappa shape index (κ3) is 4.47. The van der Waals surface area contributed by atoms with Gasteiger partial charge in [0.2, 0.25) is 0 Å². The molecule has 0 aliphatic rings. The minimum Gasteiger partial charge on any atom is -0.506 e. The molecule has 0 bridgehead atoms. The monoisotopic (exact) mass is 459 g/mol. The van der Waals surface area contributed by atoms with Gasteiger partial charge in [-0.05, 0) is 60.7 Å². The third-order valence-corrected chi connectivity index (χ3v) is 6.04. The summed E-state index contributed by atoms with van der Waals surface area (Å²) in [6, 6.07) is 15.1. The Morgan fingerprint density at radius 2 is 1.84 bits per heavy atom. The summed E-state index contributed by atoms with van der Waals surface area (Å²) >= 11 is 5.88. The summed E-state index contributed by atoms with van der Waals surface area (Å²) in [6.07, 6.45) is 0. The molecule has 31 heavy (non-hydrogen) atoms. The van der Waals surface area contributed by atoms with Crippen molar-refractivity contribution in [3.63, 3.8) is 0 Å². The van der Waals surface area contributed by atoms with Gasteiger partial charge in [-0.25, -0.2) is 12.8 Å². The zero-order valence-corrected chi connectivity index (χ0v) is 17.3. The second-order valence-electron chi connectivity index (χ2n) is 6.66. The van der Waals surface area contributed by atoms with Crippen molar-refractivity contribution in [2.24, 2.45) is 0 Å². The molecule has 0 aliphatic carbocycles. The standard InChI is InChI=1S/C21H15ClFN3O4S/c22-13-2-1-3-15(10-13)26-31(29,30)16-5-7-20(27)18(11-16)25-21(28)19-9-12-8-14(23)4-6-17(12)24-19/h1-11,24,26-27H,(H,25,28). The van der Waals surface area contributed by atoms with Crippen LogP contribution in [0.5, 0.6) is 5.75 Å². The van der Waals surface area contributed by atoms with Crippen LogP contribution in [0.1, 0.15) is 10.5 Å². The summed E-state index contributed by atoms with van der Waals surface area (Å²) in [5.74, 6) is -1.40. The molecule has 4 N–H and O–H groups in total. The fraction of sp³-hybridized carbons (Fsp3) is 0. The Bertz CT molecular complexity index is 1420. The number of aromatic amines is 1. The molecular weight excluding hydrogens is 445 g/mol. The topological polar surface area (TPSA) is 111 Å². The Labute approximate surface area is 181 Å². The van der Waals surface area contributed by atoms with E-state index < -0.39 is 21.7 Å². The van der Waals surface area contributed by atoms with Crippen LogP contribution in [-0.4, -0.2) is 24.4 Å². The fourth-order valence-corrected chi connectivity index (χ4v) is 4.23. The number of carbonyl (C=O) groups is 1. The summed E-state index contributed by atoms with van der Waals surface area (Å²) in [4.78, 5) is 15.2. The van der Waals surface area contributed by atoms with E-state index >= 15 is 0 Å². The zero-order chi connectivity index (χ0) is 22.2. The van der Waals surface area contributed by atoms with E-state index in [1.807, 2.05) is 0 Å². The number of phenols is 1. The highest BCUT2D eigenvalue weighted by Gasteiger charge is 2.18. The molecular formula is C21H15ClFN3O4S. The van der Waals surface area contributed by atoms with Crippen molar-refractivity contribution in [3.05, 3.63) is 83.3 Å². The molecule has 4 aromatic rings. The largest absolute Gasteiger partial charge is 0.506 e. The lowest BCUT2D eigenvalue weighted by molar-refractivity contribution is 0.102. The summed E-state index contributed by atoms with van der Waals surface area (Å²) in [7, 11) is -4.02. The number of rotatable bonds is 5. The maximum absolute atomic E-state index is 13.4. The molecule has 0 radical (unpaired) electrons. The van der Waals surface area contributed by atoms with Crippen LogP contribution < -0.4 is 10.0 Å². The molecule has 0 saturated heterocycles. The Hall–Kier alpha value is -3.56. The molecule has 1 aromatic heterocycles. The lowest BCUT2D eigenvalue weighted by Gasteiger charge is -2.11. The van der Waals surface area contributed by atoms with E-state index in [9.17, 15) is 22.7 Å². The predicted molar refractivity (Wildman–Crippen MR) is 117 cm³/mol. The molecule has 0 atom stereocenters.